The summed E-state index contributed by atoms with van der Waals surface area (Å²) in [5.74, 6) is -0.408. The molecule has 0 bridgehead atoms. The van der Waals surface area contributed by atoms with Gasteiger partial charge in [0.05, 0.1) is 13.7 Å². The van der Waals surface area contributed by atoms with Crippen LogP contribution in [0.3, 0.4) is 0 Å². The summed E-state index contributed by atoms with van der Waals surface area (Å²) in [6.07, 6.45) is 3.36. The quantitative estimate of drug-likeness (QED) is 0.623. The molecule has 0 N–H and O–H groups in total. The van der Waals surface area contributed by atoms with E-state index in [0.717, 1.165) is 16.7 Å². The minimum Gasteiger partial charge on any atom is -0.464 e. The van der Waals surface area contributed by atoms with Crippen molar-refractivity contribution in [3.63, 3.8) is 0 Å². The van der Waals surface area contributed by atoms with Crippen LogP contribution in [0.1, 0.15) is 27.2 Å². The van der Waals surface area contributed by atoms with Crippen LogP contribution < -0.4 is 0 Å². The number of aryl methyl sites for hydroxylation is 1. The lowest BCUT2D eigenvalue weighted by Gasteiger charge is -2.05. The molecule has 72 valence electrons. The number of rotatable bonds is 1. The van der Waals surface area contributed by atoms with Crippen molar-refractivity contribution in [3.05, 3.63) is 28.6 Å². The van der Waals surface area contributed by atoms with Gasteiger partial charge in [0.15, 0.2) is 5.69 Å². The molecule has 1 aromatic heterocycles. The first-order valence-electron chi connectivity index (χ1n) is 4.30. The number of aliphatic imine (C=N–C) groups is 1. The predicted molar refractivity (Wildman–Crippen MR) is 51.6 cm³/mol. The molecular formula is C10H10N2O2. The van der Waals surface area contributed by atoms with Crippen LogP contribution in [-0.2, 0) is 11.3 Å². The number of carbonyl (C=O) groups excluding carboxylic acids is 1. The molecular weight excluding hydrogens is 180 g/mol. The molecule has 14 heavy (non-hydrogen) atoms. The second-order valence-electron chi connectivity index (χ2n) is 3.14. The van der Waals surface area contributed by atoms with E-state index in [1.54, 1.807) is 12.4 Å². The lowest BCUT2D eigenvalue weighted by molar-refractivity contribution is 0.0594. The van der Waals surface area contributed by atoms with Gasteiger partial charge in [0, 0.05) is 18.0 Å². The van der Waals surface area contributed by atoms with Crippen LogP contribution >= 0.6 is 0 Å². The monoisotopic (exact) mass is 190 g/mol. The maximum absolute atomic E-state index is 11.3. The Morgan fingerprint density at radius 1 is 1.57 bits per heavy atom. The number of hydrogen-bond acceptors (Lipinski definition) is 4. The molecule has 0 aromatic carbocycles. The SMILES string of the molecule is COC(=O)c1ncc(C)c2c1C=NC2. The molecule has 0 spiro atoms. The van der Waals surface area contributed by atoms with Gasteiger partial charge in [-0.25, -0.2) is 9.78 Å². The maximum Gasteiger partial charge on any atom is 0.357 e. The second-order valence-corrected chi connectivity index (χ2v) is 3.14. The van der Waals surface area contributed by atoms with Crippen molar-refractivity contribution in [2.75, 3.05) is 7.11 Å². The van der Waals surface area contributed by atoms with Crippen molar-refractivity contribution in [1.29, 1.82) is 0 Å². The number of hydrogen-bond donors (Lipinski definition) is 0. The predicted octanol–water partition coefficient (Wildman–Crippen LogP) is 1.11. The molecule has 4 heteroatoms. The molecule has 0 saturated carbocycles. The Kier molecular flexibility index (Phi) is 2.04. The lowest BCUT2D eigenvalue weighted by atomic mass is 10.0. The highest BCUT2D eigenvalue weighted by Crippen LogP contribution is 2.21. The van der Waals surface area contributed by atoms with Crippen LogP contribution in [0.5, 0.6) is 0 Å². The van der Waals surface area contributed by atoms with Crippen LogP contribution in [0.25, 0.3) is 0 Å². The van der Waals surface area contributed by atoms with Crippen LogP contribution in [0, 0.1) is 6.92 Å². The summed E-state index contributed by atoms with van der Waals surface area (Å²) in [6, 6.07) is 0. The third kappa shape index (κ3) is 1.19. The molecule has 1 aliphatic rings. The van der Waals surface area contributed by atoms with E-state index in [2.05, 4.69) is 14.7 Å². The Bertz CT molecular complexity index is 424. The van der Waals surface area contributed by atoms with Crippen LogP contribution in [-0.4, -0.2) is 24.3 Å². The number of methoxy groups -OCH3 is 1. The van der Waals surface area contributed by atoms with E-state index in [0.29, 0.717) is 12.2 Å². The first-order valence-corrected chi connectivity index (χ1v) is 4.30. The molecule has 0 unspecified atom stereocenters. The smallest absolute Gasteiger partial charge is 0.357 e. The zero-order valence-electron chi connectivity index (χ0n) is 8.07. The first-order chi connectivity index (χ1) is 6.74. The average Bonchev–Trinajstić information content (AvgIpc) is 2.67. The normalized spacial score (nSPS) is 12.7. The highest BCUT2D eigenvalue weighted by molar-refractivity contribution is 5.99. The number of ether oxygens (including phenoxy) is 1. The van der Waals surface area contributed by atoms with Gasteiger partial charge >= 0.3 is 5.97 Å². The third-order valence-electron chi connectivity index (χ3n) is 2.29. The summed E-state index contributed by atoms with van der Waals surface area (Å²) in [5.41, 5.74) is 3.29. The zero-order chi connectivity index (χ0) is 10.1. The second kappa shape index (κ2) is 3.21. The summed E-state index contributed by atoms with van der Waals surface area (Å²) < 4.78 is 4.64. The van der Waals surface area contributed by atoms with Crippen LogP contribution in [0.4, 0.5) is 0 Å². The van der Waals surface area contributed by atoms with Crippen molar-refractivity contribution in [2.45, 2.75) is 13.5 Å². The van der Waals surface area contributed by atoms with Gasteiger partial charge in [0.2, 0.25) is 0 Å². The topological polar surface area (TPSA) is 51.5 Å². The maximum atomic E-state index is 11.3. The van der Waals surface area contributed by atoms with E-state index < -0.39 is 5.97 Å². The van der Waals surface area contributed by atoms with Gasteiger partial charge in [-0.2, -0.15) is 0 Å². The van der Waals surface area contributed by atoms with E-state index >= 15 is 0 Å². The number of fused-ring (bicyclic) bond motifs is 1. The van der Waals surface area contributed by atoms with Crippen molar-refractivity contribution < 1.29 is 9.53 Å². The van der Waals surface area contributed by atoms with Gasteiger partial charge in [-0.05, 0) is 18.1 Å². The van der Waals surface area contributed by atoms with Crippen molar-refractivity contribution in [3.8, 4) is 0 Å². The van der Waals surface area contributed by atoms with Crippen molar-refractivity contribution >= 4 is 12.2 Å². The number of carbonyl (C=O) groups is 1. The fourth-order valence-electron chi connectivity index (χ4n) is 1.50. The van der Waals surface area contributed by atoms with E-state index in [1.165, 1.54) is 7.11 Å². The minimum atomic E-state index is -0.408. The molecule has 1 aromatic rings. The summed E-state index contributed by atoms with van der Waals surface area (Å²) in [7, 11) is 1.35. The Morgan fingerprint density at radius 3 is 3.07 bits per heavy atom. The standard InChI is InChI=1S/C10H10N2O2/c1-6-3-12-9(10(13)14-2)8-5-11-4-7(6)8/h3,5H,4H2,1-2H3. The van der Waals surface area contributed by atoms with E-state index in [1.807, 2.05) is 6.92 Å². The highest BCUT2D eigenvalue weighted by atomic mass is 16.5. The van der Waals surface area contributed by atoms with Crippen LogP contribution in [0.2, 0.25) is 0 Å². The fourth-order valence-corrected chi connectivity index (χ4v) is 1.50. The Morgan fingerprint density at radius 2 is 2.36 bits per heavy atom. The average molecular weight is 190 g/mol. The molecule has 2 heterocycles. The van der Waals surface area contributed by atoms with Crippen molar-refractivity contribution in [2.24, 2.45) is 4.99 Å². The van der Waals surface area contributed by atoms with Gasteiger partial charge in [0.1, 0.15) is 0 Å². The van der Waals surface area contributed by atoms with Gasteiger partial charge in [-0.3, -0.25) is 4.99 Å². The summed E-state index contributed by atoms with van der Waals surface area (Å²) in [4.78, 5) is 19.5. The first kappa shape index (κ1) is 8.87. The third-order valence-corrected chi connectivity index (χ3v) is 2.29. The molecule has 0 aliphatic carbocycles. The van der Waals surface area contributed by atoms with Gasteiger partial charge in [0.25, 0.3) is 0 Å². The molecule has 0 amide bonds. The van der Waals surface area contributed by atoms with Gasteiger partial charge in [-0.1, -0.05) is 0 Å². The number of aromatic nitrogens is 1. The highest BCUT2D eigenvalue weighted by Gasteiger charge is 2.19. The largest absolute Gasteiger partial charge is 0.464 e. The Labute approximate surface area is 81.6 Å². The summed E-state index contributed by atoms with van der Waals surface area (Å²) >= 11 is 0. The lowest BCUT2D eigenvalue weighted by Crippen LogP contribution is -2.09. The van der Waals surface area contributed by atoms with Gasteiger partial charge in [-0.15, -0.1) is 0 Å². The Hall–Kier alpha value is -1.71. The molecule has 4 nitrogen and oxygen atoms in total. The van der Waals surface area contributed by atoms with E-state index in [4.69, 9.17) is 0 Å². The Balaban J connectivity index is 2.58. The van der Waals surface area contributed by atoms with Crippen LogP contribution in [0.15, 0.2) is 11.2 Å². The minimum absolute atomic E-state index is 0.356. The molecule has 1 aliphatic heterocycles. The van der Waals surface area contributed by atoms with E-state index in [9.17, 15) is 4.79 Å². The summed E-state index contributed by atoms with van der Waals surface area (Å²) in [6.45, 7) is 2.59. The molecule has 0 radical (unpaired) electrons. The number of pyridine rings is 1. The fraction of sp³-hybridized carbons (Fsp3) is 0.300. The van der Waals surface area contributed by atoms with Gasteiger partial charge < -0.3 is 4.74 Å². The molecule has 0 atom stereocenters. The van der Waals surface area contributed by atoms with E-state index in [-0.39, 0.29) is 0 Å². The summed E-state index contributed by atoms with van der Waals surface area (Å²) in [5, 5.41) is 0. The number of nitrogens with zero attached hydrogens (tertiary/aromatic N) is 2. The molecule has 2 rings (SSSR count). The molecule has 0 fully saturated rings. The zero-order valence-corrected chi connectivity index (χ0v) is 8.07. The van der Waals surface area contributed by atoms with Crippen molar-refractivity contribution in [1.82, 2.24) is 4.98 Å². The molecule has 0 saturated heterocycles. The number of esters is 1.